The first-order valence-corrected chi connectivity index (χ1v) is 13.8. The van der Waals surface area contributed by atoms with E-state index in [1.54, 1.807) is 0 Å². The molecule has 0 spiro atoms. The van der Waals surface area contributed by atoms with Gasteiger partial charge in [0.05, 0.1) is 6.61 Å². The Morgan fingerprint density at radius 1 is 1.05 bits per heavy atom. The Balaban J connectivity index is 1.96. The highest BCUT2D eigenvalue weighted by molar-refractivity contribution is 6.01. The van der Waals surface area contributed by atoms with Crippen LogP contribution in [-0.4, -0.2) is 53.8 Å². The normalized spacial score (nSPS) is 18.7. The topological polar surface area (TPSA) is 106 Å². The maximum Gasteiger partial charge on any atom is 0.306 e. The van der Waals surface area contributed by atoms with Gasteiger partial charge in [-0.3, -0.25) is 9.59 Å². The van der Waals surface area contributed by atoms with E-state index in [1.165, 1.54) is 0 Å². The lowest BCUT2D eigenvalue weighted by atomic mass is 9.83. The van der Waals surface area contributed by atoms with Crippen LogP contribution in [0.25, 0.3) is 0 Å². The molecule has 0 aromatic heterocycles. The van der Waals surface area contributed by atoms with Crippen molar-refractivity contribution in [2.24, 2.45) is 4.99 Å². The van der Waals surface area contributed by atoms with E-state index in [0.29, 0.717) is 36.8 Å². The van der Waals surface area contributed by atoms with Crippen LogP contribution in [-0.2, 0) is 19.1 Å². The average Bonchev–Trinajstić information content (AvgIpc) is 3.31. The Bertz CT molecular complexity index is 1090. The lowest BCUT2D eigenvalue weighted by molar-refractivity contribution is -0.155. The molecular formula is C31H42N2O6. The number of carbonyl (C=O) groups excluding carboxylic acids is 2. The maximum absolute atomic E-state index is 13.9. The number of aliphatic hydroxyl groups is 1. The van der Waals surface area contributed by atoms with Gasteiger partial charge in [0.1, 0.15) is 11.4 Å². The van der Waals surface area contributed by atoms with Crippen LogP contribution in [0.15, 0.2) is 59.6 Å². The number of aliphatic imine (C=N–C) groups is 1. The average molecular weight is 539 g/mol. The predicted octanol–water partition coefficient (Wildman–Crippen LogP) is 5.13. The van der Waals surface area contributed by atoms with E-state index in [-0.39, 0.29) is 31.3 Å². The van der Waals surface area contributed by atoms with Crippen LogP contribution in [0, 0.1) is 0 Å². The molecule has 3 rings (SSSR count). The van der Waals surface area contributed by atoms with Crippen molar-refractivity contribution < 1.29 is 28.9 Å². The Morgan fingerprint density at radius 2 is 1.77 bits per heavy atom. The van der Waals surface area contributed by atoms with Crippen LogP contribution in [0.5, 0.6) is 5.75 Å². The highest BCUT2D eigenvalue weighted by Gasteiger charge is 2.53. The summed E-state index contributed by atoms with van der Waals surface area (Å²) in [5, 5.41) is 12.0. The monoisotopic (exact) mass is 538 g/mol. The van der Waals surface area contributed by atoms with Gasteiger partial charge in [0.2, 0.25) is 5.90 Å². The standard InChI is InChI=1S/C31H42N2O6/c1-5-6-10-20-32-29(36)31(19-18-26(35)39-30(2,3)4)27(23-12-8-7-9-13-23)38-28(33-31)24-14-16-25(17-15-24)37-22-11-21-34/h7-9,12-17,27,34H,5-6,10-11,18-22H2,1-4H3,(H,32,36)/t27-,31-/m1/s1. The zero-order valence-corrected chi connectivity index (χ0v) is 23.6. The van der Waals surface area contributed by atoms with E-state index in [0.717, 1.165) is 24.8 Å². The second kappa shape index (κ2) is 14.1. The van der Waals surface area contributed by atoms with Crippen molar-refractivity contribution in [1.82, 2.24) is 5.32 Å². The van der Waals surface area contributed by atoms with E-state index in [2.05, 4.69) is 12.2 Å². The lowest BCUT2D eigenvalue weighted by Gasteiger charge is -2.31. The molecule has 0 aliphatic carbocycles. The second-order valence-corrected chi connectivity index (χ2v) is 10.7. The number of nitrogens with zero attached hydrogens (tertiary/aromatic N) is 1. The predicted molar refractivity (Wildman–Crippen MR) is 151 cm³/mol. The summed E-state index contributed by atoms with van der Waals surface area (Å²) in [6, 6.07) is 16.8. The molecule has 1 aliphatic heterocycles. The Labute approximate surface area is 231 Å². The highest BCUT2D eigenvalue weighted by atomic mass is 16.6. The first kappa shape index (κ1) is 30.2. The van der Waals surface area contributed by atoms with Crippen LogP contribution in [0.2, 0.25) is 0 Å². The van der Waals surface area contributed by atoms with Gasteiger partial charge >= 0.3 is 5.97 Å². The summed E-state index contributed by atoms with van der Waals surface area (Å²) in [6.45, 7) is 8.57. The second-order valence-electron chi connectivity index (χ2n) is 10.7. The van der Waals surface area contributed by atoms with E-state index in [1.807, 2.05) is 75.4 Å². The van der Waals surface area contributed by atoms with Crippen LogP contribution in [0.3, 0.4) is 0 Å². The molecule has 0 fully saturated rings. The molecule has 2 N–H and O–H groups in total. The van der Waals surface area contributed by atoms with Crippen LogP contribution in [0.4, 0.5) is 0 Å². The molecule has 0 saturated heterocycles. The van der Waals surface area contributed by atoms with Crippen molar-refractivity contribution in [3.05, 3.63) is 65.7 Å². The molecule has 2 aromatic carbocycles. The Morgan fingerprint density at radius 3 is 2.41 bits per heavy atom. The van der Waals surface area contributed by atoms with E-state index >= 15 is 0 Å². The molecule has 8 heteroatoms. The highest BCUT2D eigenvalue weighted by Crippen LogP contribution is 2.43. The fourth-order valence-electron chi connectivity index (χ4n) is 4.41. The van der Waals surface area contributed by atoms with Gasteiger partial charge in [0.15, 0.2) is 11.6 Å². The number of esters is 1. The van der Waals surface area contributed by atoms with Gasteiger partial charge in [-0.1, -0.05) is 50.1 Å². The van der Waals surface area contributed by atoms with Crippen molar-refractivity contribution in [2.45, 2.75) is 83.5 Å². The Hall–Kier alpha value is -3.39. The van der Waals surface area contributed by atoms with Crippen molar-refractivity contribution in [1.29, 1.82) is 0 Å². The zero-order chi connectivity index (χ0) is 28.3. The molecule has 1 aliphatic rings. The molecule has 2 aromatic rings. The van der Waals surface area contributed by atoms with Crippen molar-refractivity contribution in [3.63, 3.8) is 0 Å². The SMILES string of the molecule is CCCCCNC(=O)[C@]1(CCC(=O)OC(C)(C)C)N=C(c2ccc(OCCCO)cc2)O[C@@H]1c1ccccc1. The summed E-state index contributed by atoms with van der Waals surface area (Å²) in [4.78, 5) is 31.6. The van der Waals surface area contributed by atoms with E-state index in [9.17, 15) is 9.59 Å². The number of hydrogen-bond donors (Lipinski definition) is 2. The number of unbranched alkanes of at least 4 members (excludes halogenated alkanes) is 2. The van der Waals surface area contributed by atoms with Crippen LogP contribution in [0.1, 0.15) is 83.5 Å². The van der Waals surface area contributed by atoms with Gasteiger partial charge in [-0.05, 0) is 63.4 Å². The van der Waals surface area contributed by atoms with Crippen LogP contribution < -0.4 is 10.1 Å². The number of carbonyl (C=O) groups is 2. The molecule has 2 atom stereocenters. The number of amides is 1. The molecular weight excluding hydrogens is 496 g/mol. The molecule has 8 nitrogen and oxygen atoms in total. The van der Waals surface area contributed by atoms with Gasteiger partial charge < -0.3 is 24.6 Å². The third-order valence-corrected chi connectivity index (χ3v) is 6.33. The van der Waals surface area contributed by atoms with Crippen molar-refractivity contribution in [3.8, 4) is 5.75 Å². The Kier molecular flexibility index (Phi) is 10.9. The van der Waals surface area contributed by atoms with E-state index < -0.39 is 17.2 Å². The number of benzene rings is 2. The summed E-state index contributed by atoms with van der Waals surface area (Å²) >= 11 is 0. The molecule has 0 unspecified atom stereocenters. The molecule has 1 amide bonds. The summed E-state index contributed by atoms with van der Waals surface area (Å²) < 4.78 is 17.6. The fraction of sp³-hybridized carbons (Fsp3) is 0.516. The molecule has 212 valence electrons. The molecule has 1 heterocycles. The smallest absolute Gasteiger partial charge is 0.306 e. The summed E-state index contributed by atoms with van der Waals surface area (Å²) in [5.74, 6) is 0.337. The van der Waals surface area contributed by atoms with E-state index in [4.69, 9.17) is 24.3 Å². The lowest BCUT2D eigenvalue weighted by Crippen LogP contribution is -2.49. The first-order chi connectivity index (χ1) is 18.7. The number of ether oxygens (including phenoxy) is 3. The third-order valence-electron chi connectivity index (χ3n) is 6.33. The molecule has 0 radical (unpaired) electrons. The van der Waals surface area contributed by atoms with Gasteiger partial charge in [-0.2, -0.15) is 0 Å². The molecule has 0 bridgehead atoms. The number of hydrogen-bond acceptors (Lipinski definition) is 7. The first-order valence-electron chi connectivity index (χ1n) is 13.8. The number of rotatable bonds is 14. The minimum Gasteiger partial charge on any atom is -0.494 e. The minimum absolute atomic E-state index is 0.0146. The van der Waals surface area contributed by atoms with Crippen molar-refractivity contribution in [2.75, 3.05) is 19.8 Å². The van der Waals surface area contributed by atoms with Gasteiger partial charge in [-0.25, -0.2) is 4.99 Å². The molecule has 0 saturated carbocycles. The third kappa shape index (κ3) is 8.55. The minimum atomic E-state index is -1.35. The summed E-state index contributed by atoms with van der Waals surface area (Å²) in [7, 11) is 0. The summed E-state index contributed by atoms with van der Waals surface area (Å²) in [6.07, 6.45) is 2.87. The largest absolute Gasteiger partial charge is 0.494 e. The van der Waals surface area contributed by atoms with Gasteiger partial charge in [-0.15, -0.1) is 0 Å². The number of nitrogens with one attached hydrogen (secondary N) is 1. The van der Waals surface area contributed by atoms with Gasteiger partial charge in [0, 0.05) is 31.6 Å². The quantitative estimate of drug-likeness (QED) is 0.255. The molecule has 39 heavy (non-hydrogen) atoms. The van der Waals surface area contributed by atoms with Crippen molar-refractivity contribution >= 4 is 17.8 Å². The van der Waals surface area contributed by atoms with Crippen LogP contribution >= 0.6 is 0 Å². The summed E-state index contributed by atoms with van der Waals surface area (Å²) in [5.41, 5.74) is -0.486. The van der Waals surface area contributed by atoms with Gasteiger partial charge in [0.25, 0.3) is 5.91 Å². The fourth-order valence-corrected chi connectivity index (χ4v) is 4.41. The zero-order valence-electron chi connectivity index (χ0n) is 23.6. The number of aliphatic hydroxyl groups excluding tert-OH is 1. The maximum atomic E-state index is 13.9.